The van der Waals surface area contributed by atoms with E-state index in [4.69, 9.17) is 5.53 Å². The van der Waals surface area contributed by atoms with Crippen LogP contribution in [0.25, 0.3) is 0 Å². The maximum absolute atomic E-state index is 10.9. The van der Waals surface area contributed by atoms with Crippen molar-refractivity contribution in [2.75, 3.05) is 7.05 Å². The van der Waals surface area contributed by atoms with E-state index in [1.807, 2.05) is 0 Å². The van der Waals surface area contributed by atoms with Crippen molar-refractivity contribution in [2.24, 2.45) is 5.11 Å². The number of nitrogens with zero attached hydrogens (tertiary/aromatic N) is 1. The SMILES string of the molecule is CN/C(C(C)=O)=C(\N=N)C(C)=O. The first-order valence-electron chi connectivity index (χ1n) is 3.36. The van der Waals surface area contributed by atoms with Gasteiger partial charge in [0.2, 0.25) is 0 Å². The maximum atomic E-state index is 10.9. The van der Waals surface area contributed by atoms with Gasteiger partial charge in [-0.25, -0.2) is 5.53 Å². The van der Waals surface area contributed by atoms with Crippen molar-refractivity contribution in [3.8, 4) is 0 Å². The number of Topliss-reactive ketones (excluding diaryl/α,β-unsaturated/α-hetero) is 2. The normalized spacial score (nSPS) is 11.6. The summed E-state index contributed by atoms with van der Waals surface area (Å²) >= 11 is 0. The number of nitrogens with one attached hydrogen (secondary N) is 2. The predicted octanol–water partition coefficient (Wildman–Crippen LogP) is 0.626. The summed E-state index contributed by atoms with van der Waals surface area (Å²) in [6, 6.07) is 0. The van der Waals surface area contributed by atoms with Crippen LogP contribution in [0.5, 0.6) is 0 Å². The molecule has 5 nitrogen and oxygen atoms in total. The third-order valence-corrected chi connectivity index (χ3v) is 1.28. The fraction of sp³-hybridized carbons (Fsp3) is 0.429. The molecular weight excluding hydrogens is 158 g/mol. The van der Waals surface area contributed by atoms with Crippen molar-refractivity contribution >= 4 is 11.6 Å². The highest BCUT2D eigenvalue weighted by molar-refractivity contribution is 6.03. The van der Waals surface area contributed by atoms with Crippen LogP contribution in [0.15, 0.2) is 16.5 Å². The molecule has 5 heteroatoms. The van der Waals surface area contributed by atoms with Crippen molar-refractivity contribution in [1.82, 2.24) is 5.32 Å². The minimum absolute atomic E-state index is 0.0810. The van der Waals surface area contributed by atoms with E-state index < -0.39 is 5.78 Å². The second-order valence-electron chi connectivity index (χ2n) is 2.20. The summed E-state index contributed by atoms with van der Waals surface area (Å²) in [5, 5.41) is 5.51. The lowest BCUT2D eigenvalue weighted by atomic mass is 10.2. The van der Waals surface area contributed by atoms with E-state index in [1.165, 1.54) is 20.9 Å². The molecule has 0 unspecified atom stereocenters. The Balaban J connectivity index is 5.15. The largest absolute Gasteiger partial charge is 0.383 e. The molecule has 12 heavy (non-hydrogen) atoms. The van der Waals surface area contributed by atoms with Gasteiger partial charge in [-0.2, -0.15) is 5.11 Å². The molecule has 0 aliphatic heterocycles. The van der Waals surface area contributed by atoms with E-state index in [2.05, 4.69) is 10.4 Å². The molecule has 0 spiro atoms. The third-order valence-electron chi connectivity index (χ3n) is 1.28. The molecule has 2 N–H and O–H groups in total. The van der Waals surface area contributed by atoms with Crippen LogP contribution in [-0.2, 0) is 9.59 Å². The predicted molar refractivity (Wildman–Crippen MR) is 42.6 cm³/mol. The lowest BCUT2D eigenvalue weighted by Crippen LogP contribution is -2.18. The van der Waals surface area contributed by atoms with Crippen LogP contribution in [-0.4, -0.2) is 18.6 Å². The number of ketones is 2. The van der Waals surface area contributed by atoms with Crippen LogP contribution in [0.2, 0.25) is 0 Å². The van der Waals surface area contributed by atoms with Crippen LogP contribution in [0.1, 0.15) is 13.8 Å². The highest BCUT2D eigenvalue weighted by atomic mass is 16.1. The van der Waals surface area contributed by atoms with Gasteiger partial charge in [0.1, 0.15) is 5.70 Å². The van der Waals surface area contributed by atoms with Gasteiger partial charge in [-0.1, -0.05) is 0 Å². The Morgan fingerprint density at radius 2 is 1.75 bits per heavy atom. The Morgan fingerprint density at radius 1 is 1.25 bits per heavy atom. The van der Waals surface area contributed by atoms with Crippen molar-refractivity contribution in [1.29, 1.82) is 5.53 Å². The van der Waals surface area contributed by atoms with E-state index in [0.717, 1.165) is 0 Å². The van der Waals surface area contributed by atoms with Crippen molar-refractivity contribution < 1.29 is 9.59 Å². The Labute approximate surface area is 70.3 Å². The number of hydrogen-bond donors (Lipinski definition) is 2. The molecule has 0 aliphatic carbocycles. The number of carbonyl (C=O) groups excluding carboxylic acids is 2. The molecule has 0 saturated heterocycles. The average molecular weight is 169 g/mol. The molecular formula is C7H11N3O2. The third kappa shape index (κ3) is 2.26. The minimum Gasteiger partial charge on any atom is -0.383 e. The maximum Gasteiger partial charge on any atom is 0.182 e. The molecule has 0 aliphatic rings. The zero-order chi connectivity index (χ0) is 9.72. The highest BCUT2D eigenvalue weighted by Crippen LogP contribution is 2.04. The summed E-state index contributed by atoms with van der Waals surface area (Å²) in [6.07, 6.45) is 0. The summed E-state index contributed by atoms with van der Waals surface area (Å²) in [5.41, 5.74) is 6.62. The quantitative estimate of drug-likeness (QED) is 0.478. The summed E-state index contributed by atoms with van der Waals surface area (Å²) in [6.45, 7) is 2.56. The van der Waals surface area contributed by atoms with E-state index in [1.54, 1.807) is 0 Å². The molecule has 0 aromatic rings. The van der Waals surface area contributed by atoms with Gasteiger partial charge in [0.05, 0.1) is 0 Å². The average Bonchev–Trinajstić information content (AvgIpc) is 1.98. The van der Waals surface area contributed by atoms with Crippen molar-refractivity contribution in [3.05, 3.63) is 11.4 Å². The van der Waals surface area contributed by atoms with Gasteiger partial charge in [-0.15, -0.1) is 0 Å². The Hall–Kier alpha value is -1.52. The summed E-state index contributed by atoms with van der Waals surface area (Å²) in [4.78, 5) is 21.7. The fourth-order valence-corrected chi connectivity index (χ4v) is 0.772. The van der Waals surface area contributed by atoms with E-state index in [-0.39, 0.29) is 17.2 Å². The van der Waals surface area contributed by atoms with Gasteiger partial charge in [0, 0.05) is 20.9 Å². The number of likely N-dealkylation sites (N-methyl/N-ethyl adjacent to an activating group) is 1. The van der Waals surface area contributed by atoms with E-state index in [9.17, 15) is 9.59 Å². The number of allylic oxidation sites excluding steroid dienone is 2. The van der Waals surface area contributed by atoms with Crippen LogP contribution < -0.4 is 5.32 Å². The van der Waals surface area contributed by atoms with Gasteiger partial charge in [0.15, 0.2) is 17.3 Å². The number of carbonyl (C=O) groups is 2. The second-order valence-corrected chi connectivity index (χ2v) is 2.20. The standard InChI is InChI=1S/C7H11N3O2/c1-4(11)6(9-3)7(10-8)5(2)12/h8-9H,1-3H3/b7-6-,10-8?. The summed E-state index contributed by atoms with van der Waals surface area (Å²) in [5.74, 6) is -0.705. The monoisotopic (exact) mass is 169 g/mol. The molecule has 0 radical (unpaired) electrons. The van der Waals surface area contributed by atoms with Crippen LogP contribution >= 0.6 is 0 Å². The van der Waals surface area contributed by atoms with Crippen LogP contribution in [0.4, 0.5) is 0 Å². The Kier molecular flexibility index (Phi) is 3.82. The molecule has 0 aromatic heterocycles. The topological polar surface area (TPSA) is 82.4 Å². The summed E-state index contributed by atoms with van der Waals surface area (Å²) < 4.78 is 0. The fourth-order valence-electron chi connectivity index (χ4n) is 0.772. The van der Waals surface area contributed by atoms with Gasteiger partial charge < -0.3 is 5.32 Å². The van der Waals surface area contributed by atoms with Crippen molar-refractivity contribution in [2.45, 2.75) is 13.8 Å². The van der Waals surface area contributed by atoms with Crippen LogP contribution in [0.3, 0.4) is 0 Å². The molecule has 0 heterocycles. The Bertz CT molecular complexity index is 255. The number of hydrogen-bond acceptors (Lipinski definition) is 5. The van der Waals surface area contributed by atoms with E-state index in [0.29, 0.717) is 0 Å². The van der Waals surface area contributed by atoms with Gasteiger partial charge in [-0.05, 0) is 0 Å². The molecule has 0 aromatic carbocycles. The smallest absolute Gasteiger partial charge is 0.182 e. The zero-order valence-corrected chi connectivity index (χ0v) is 7.26. The summed E-state index contributed by atoms with van der Waals surface area (Å²) in [7, 11) is 1.50. The lowest BCUT2D eigenvalue weighted by molar-refractivity contribution is -0.116. The van der Waals surface area contributed by atoms with Gasteiger partial charge in [-0.3, -0.25) is 9.59 Å². The number of rotatable bonds is 4. The van der Waals surface area contributed by atoms with Crippen molar-refractivity contribution in [3.63, 3.8) is 0 Å². The van der Waals surface area contributed by atoms with Gasteiger partial charge >= 0.3 is 0 Å². The molecule has 0 bridgehead atoms. The molecule has 0 amide bonds. The molecule has 0 rings (SSSR count). The lowest BCUT2D eigenvalue weighted by Gasteiger charge is -2.03. The van der Waals surface area contributed by atoms with E-state index >= 15 is 0 Å². The molecule has 0 fully saturated rings. The minimum atomic E-state index is -0.399. The highest BCUT2D eigenvalue weighted by Gasteiger charge is 2.13. The second kappa shape index (κ2) is 4.38. The zero-order valence-electron chi connectivity index (χ0n) is 7.26. The first-order chi connectivity index (χ1) is 5.54. The molecule has 0 saturated carbocycles. The van der Waals surface area contributed by atoms with Gasteiger partial charge in [0.25, 0.3) is 0 Å². The first kappa shape index (κ1) is 10.5. The first-order valence-corrected chi connectivity index (χ1v) is 3.36. The van der Waals surface area contributed by atoms with Crippen LogP contribution in [0, 0.1) is 5.53 Å². The Morgan fingerprint density at radius 3 is 1.83 bits per heavy atom. The molecule has 66 valence electrons. The molecule has 0 atom stereocenters.